The molecular formula is C27H24FN3O3S2. The van der Waals surface area contributed by atoms with Crippen LogP contribution in [-0.2, 0) is 4.79 Å². The number of hydrogen-bond donors (Lipinski definition) is 2. The molecule has 2 N–H and O–H groups in total. The third kappa shape index (κ3) is 6.50. The fraction of sp³-hybridized carbons (Fsp3) is 0.148. The number of carbonyl (C=O) groups is 2. The highest BCUT2D eigenvalue weighted by Crippen LogP contribution is 2.30. The van der Waals surface area contributed by atoms with Crippen LogP contribution in [0, 0.1) is 5.82 Å². The predicted octanol–water partition coefficient (Wildman–Crippen LogP) is 6.72. The van der Waals surface area contributed by atoms with Crippen LogP contribution in [0.25, 0.3) is 11.3 Å². The summed E-state index contributed by atoms with van der Waals surface area (Å²) < 4.78 is 18.4. The van der Waals surface area contributed by atoms with Crippen molar-refractivity contribution in [3.8, 4) is 17.0 Å². The van der Waals surface area contributed by atoms with Gasteiger partial charge in [0.2, 0.25) is 5.91 Å². The highest BCUT2D eigenvalue weighted by molar-refractivity contribution is 8.00. The van der Waals surface area contributed by atoms with E-state index >= 15 is 0 Å². The van der Waals surface area contributed by atoms with E-state index in [-0.39, 0.29) is 22.9 Å². The van der Waals surface area contributed by atoms with Gasteiger partial charge in [0, 0.05) is 27.1 Å². The molecule has 0 fully saturated rings. The van der Waals surface area contributed by atoms with Gasteiger partial charge < -0.3 is 15.4 Å². The van der Waals surface area contributed by atoms with Gasteiger partial charge in [-0.15, -0.1) is 23.1 Å². The van der Waals surface area contributed by atoms with Crippen LogP contribution < -0.4 is 15.4 Å². The molecule has 36 heavy (non-hydrogen) atoms. The number of methoxy groups -OCH3 is 1. The Morgan fingerprint density at radius 1 is 1.06 bits per heavy atom. The highest BCUT2D eigenvalue weighted by atomic mass is 32.2. The van der Waals surface area contributed by atoms with E-state index < -0.39 is 0 Å². The average Bonchev–Trinajstić information content (AvgIpc) is 3.36. The lowest BCUT2D eigenvalue weighted by Gasteiger charge is -2.14. The van der Waals surface area contributed by atoms with Crippen LogP contribution in [0.3, 0.4) is 0 Å². The van der Waals surface area contributed by atoms with Gasteiger partial charge >= 0.3 is 0 Å². The summed E-state index contributed by atoms with van der Waals surface area (Å²) in [6, 6.07) is 20.4. The molecule has 0 aliphatic rings. The maximum absolute atomic E-state index is 13.2. The van der Waals surface area contributed by atoms with Crippen molar-refractivity contribution in [2.45, 2.75) is 23.5 Å². The zero-order valence-electron chi connectivity index (χ0n) is 19.7. The number of ether oxygens (including phenoxy) is 1. The van der Waals surface area contributed by atoms with Crippen LogP contribution in [0.2, 0.25) is 0 Å². The lowest BCUT2D eigenvalue weighted by Crippen LogP contribution is -2.24. The molecule has 1 atom stereocenters. The molecule has 6 nitrogen and oxygen atoms in total. The molecule has 184 valence electrons. The highest BCUT2D eigenvalue weighted by Gasteiger charge is 2.20. The molecule has 0 aliphatic heterocycles. The van der Waals surface area contributed by atoms with E-state index in [1.807, 2.05) is 30.5 Å². The van der Waals surface area contributed by atoms with Gasteiger partial charge in [0.25, 0.3) is 5.91 Å². The lowest BCUT2D eigenvalue weighted by molar-refractivity contribution is -0.115. The van der Waals surface area contributed by atoms with Crippen molar-refractivity contribution >= 4 is 45.7 Å². The lowest BCUT2D eigenvalue weighted by atomic mass is 10.2. The van der Waals surface area contributed by atoms with Gasteiger partial charge in [-0.1, -0.05) is 19.1 Å². The molecule has 9 heteroatoms. The fourth-order valence-corrected chi connectivity index (χ4v) is 5.11. The van der Waals surface area contributed by atoms with Crippen molar-refractivity contribution in [2.75, 3.05) is 17.7 Å². The Bertz CT molecular complexity index is 1360. The van der Waals surface area contributed by atoms with Crippen LogP contribution in [-0.4, -0.2) is 29.2 Å². The maximum Gasteiger partial charge on any atom is 0.255 e. The molecule has 0 bridgehead atoms. The quantitative estimate of drug-likeness (QED) is 0.239. The zero-order chi connectivity index (χ0) is 25.5. The summed E-state index contributed by atoms with van der Waals surface area (Å²) in [6.45, 7) is 1.94. The van der Waals surface area contributed by atoms with E-state index in [1.54, 1.807) is 49.6 Å². The van der Waals surface area contributed by atoms with Gasteiger partial charge in [0.05, 0.1) is 18.1 Å². The number of halogens is 1. The Morgan fingerprint density at radius 2 is 1.83 bits per heavy atom. The number of aromatic nitrogens is 1. The minimum absolute atomic E-state index is 0.159. The molecule has 1 unspecified atom stereocenters. The number of rotatable bonds is 9. The predicted molar refractivity (Wildman–Crippen MR) is 143 cm³/mol. The molecule has 0 radical (unpaired) electrons. The minimum Gasteiger partial charge on any atom is -0.497 e. The van der Waals surface area contributed by atoms with Crippen LogP contribution in [0.15, 0.2) is 83.1 Å². The number of thiazole rings is 1. The van der Waals surface area contributed by atoms with Crippen LogP contribution in [0.1, 0.15) is 23.7 Å². The first kappa shape index (κ1) is 25.4. The Hall–Kier alpha value is -3.69. The number of anilines is 2. The first-order valence-corrected chi connectivity index (χ1v) is 13.0. The van der Waals surface area contributed by atoms with E-state index in [9.17, 15) is 14.0 Å². The molecule has 2 amide bonds. The largest absolute Gasteiger partial charge is 0.497 e. The van der Waals surface area contributed by atoms with Gasteiger partial charge in [-0.3, -0.25) is 9.59 Å². The summed E-state index contributed by atoms with van der Waals surface area (Å²) in [5.41, 5.74) is 2.58. The molecule has 1 aromatic heterocycles. The third-order valence-corrected chi connectivity index (χ3v) is 7.36. The van der Waals surface area contributed by atoms with Crippen molar-refractivity contribution in [3.63, 3.8) is 0 Å². The Morgan fingerprint density at radius 3 is 2.58 bits per heavy atom. The zero-order valence-corrected chi connectivity index (χ0v) is 21.3. The number of benzene rings is 3. The van der Waals surface area contributed by atoms with E-state index in [2.05, 4.69) is 15.6 Å². The number of nitrogens with zero attached hydrogens (tertiary/aromatic N) is 1. The van der Waals surface area contributed by atoms with Gasteiger partial charge in [-0.25, -0.2) is 9.37 Å². The number of thioether (sulfide) groups is 1. The SMILES string of the molecule is CCC(Sc1cccc(NC(=O)c2cccc(OC)c2)c1)C(=O)Nc1nc(-c2ccc(F)cc2)cs1. The molecule has 1 heterocycles. The van der Waals surface area contributed by atoms with E-state index in [1.165, 1.54) is 35.2 Å². The number of hydrogen-bond acceptors (Lipinski definition) is 6. The van der Waals surface area contributed by atoms with Crippen molar-refractivity contribution < 1.29 is 18.7 Å². The normalized spacial score (nSPS) is 11.5. The Kier molecular flexibility index (Phi) is 8.35. The second-order valence-corrected chi connectivity index (χ2v) is 9.90. The van der Waals surface area contributed by atoms with Crippen LogP contribution >= 0.6 is 23.1 Å². The van der Waals surface area contributed by atoms with Gasteiger partial charge in [0.1, 0.15) is 11.6 Å². The van der Waals surface area contributed by atoms with Crippen molar-refractivity contribution in [3.05, 3.63) is 89.6 Å². The molecule has 3 aromatic carbocycles. The van der Waals surface area contributed by atoms with E-state index in [0.717, 1.165) is 10.5 Å². The Balaban J connectivity index is 1.39. The number of amides is 2. The number of carbonyl (C=O) groups excluding carboxylic acids is 2. The fourth-order valence-electron chi connectivity index (χ4n) is 3.37. The molecule has 0 aliphatic carbocycles. The molecule has 0 spiro atoms. The van der Waals surface area contributed by atoms with Crippen molar-refractivity contribution in [1.29, 1.82) is 0 Å². The van der Waals surface area contributed by atoms with Crippen molar-refractivity contribution in [1.82, 2.24) is 4.98 Å². The smallest absolute Gasteiger partial charge is 0.255 e. The second-order valence-electron chi connectivity index (χ2n) is 7.76. The van der Waals surface area contributed by atoms with Crippen LogP contribution in [0.4, 0.5) is 15.2 Å². The topological polar surface area (TPSA) is 80.3 Å². The van der Waals surface area contributed by atoms with Gasteiger partial charge in [-0.2, -0.15) is 0 Å². The molecule has 0 saturated heterocycles. The van der Waals surface area contributed by atoms with Crippen LogP contribution in [0.5, 0.6) is 5.75 Å². The summed E-state index contributed by atoms with van der Waals surface area (Å²) >= 11 is 2.73. The first-order chi connectivity index (χ1) is 17.4. The summed E-state index contributed by atoms with van der Waals surface area (Å²) in [4.78, 5) is 30.9. The first-order valence-electron chi connectivity index (χ1n) is 11.2. The van der Waals surface area contributed by atoms with Gasteiger partial charge in [0.15, 0.2) is 5.13 Å². The monoisotopic (exact) mass is 521 g/mol. The third-order valence-electron chi connectivity index (χ3n) is 5.24. The Labute approximate surface area is 216 Å². The van der Waals surface area contributed by atoms with E-state index in [0.29, 0.717) is 34.2 Å². The summed E-state index contributed by atoms with van der Waals surface area (Å²) in [5.74, 6) is -0.113. The van der Waals surface area contributed by atoms with Crippen molar-refractivity contribution in [2.24, 2.45) is 0 Å². The van der Waals surface area contributed by atoms with E-state index in [4.69, 9.17) is 4.74 Å². The minimum atomic E-state index is -0.354. The summed E-state index contributed by atoms with van der Waals surface area (Å²) in [6.07, 6.45) is 0.604. The number of nitrogens with one attached hydrogen (secondary N) is 2. The molecule has 4 aromatic rings. The molecular weight excluding hydrogens is 497 g/mol. The summed E-state index contributed by atoms with van der Waals surface area (Å²) in [5, 5.41) is 7.73. The molecule has 4 rings (SSSR count). The maximum atomic E-state index is 13.2. The average molecular weight is 522 g/mol. The van der Waals surface area contributed by atoms with Gasteiger partial charge in [-0.05, 0) is 67.1 Å². The second kappa shape index (κ2) is 11.8. The summed E-state index contributed by atoms with van der Waals surface area (Å²) in [7, 11) is 1.55. The molecule has 0 saturated carbocycles. The standard InChI is InChI=1S/C27H24FN3O3S2/c1-3-24(26(33)31-27-30-23(16-35-27)17-10-12-19(28)13-11-17)36-22-9-5-7-20(15-22)29-25(32)18-6-4-8-21(14-18)34-2/h4-16,24H,3H2,1-2H3,(H,29,32)(H,30,31,33).